The first-order chi connectivity index (χ1) is 11.2. The van der Waals surface area contributed by atoms with Crippen LogP contribution in [0.25, 0.3) is 15.0 Å². The van der Waals surface area contributed by atoms with E-state index in [1.807, 2.05) is 25.1 Å². The van der Waals surface area contributed by atoms with Crippen molar-refractivity contribution in [3.05, 3.63) is 39.7 Å². The van der Waals surface area contributed by atoms with Crippen LogP contribution in [0.4, 0.5) is 5.69 Å². The number of nitrogens with zero attached hydrogens (tertiary/aromatic N) is 2. The fourth-order valence-corrected chi connectivity index (χ4v) is 5.07. The van der Waals surface area contributed by atoms with Crippen molar-refractivity contribution in [1.82, 2.24) is 4.98 Å². The maximum atomic E-state index is 12.0. The molecule has 0 radical (unpaired) electrons. The van der Waals surface area contributed by atoms with Gasteiger partial charge in [0.15, 0.2) is 0 Å². The molecule has 0 bridgehead atoms. The Morgan fingerprint density at radius 2 is 2.12 bits per heavy atom. The number of carbonyl (C=O) groups excluding carboxylic acids is 1. The SMILES string of the molecule is [C-]#[N+]c1cc(-c2nc(C)c(C(=O)OCC)[se]2)ccc1SC(C)(C)C. The number of aromatic nitrogens is 1. The van der Waals surface area contributed by atoms with Crippen molar-refractivity contribution in [2.75, 3.05) is 6.61 Å². The second-order valence-corrected chi connectivity index (χ2v) is 10.1. The van der Waals surface area contributed by atoms with Crippen LogP contribution in [0.2, 0.25) is 0 Å². The molecule has 0 aliphatic heterocycles. The number of carbonyl (C=O) groups is 1. The van der Waals surface area contributed by atoms with Crippen molar-refractivity contribution in [3.8, 4) is 10.1 Å². The summed E-state index contributed by atoms with van der Waals surface area (Å²) in [5, 5.41) is 0. The van der Waals surface area contributed by atoms with Gasteiger partial charge in [-0.2, -0.15) is 0 Å². The minimum absolute atomic E-state index is 0.0466. The van der Waals surface area contributed by atoms with Crippen LogP contribution in [0.3, 0.4) is 0 Å². The number of rotatable bonds is 4. The molecule has 2 rings (SSSR count). The number of ether oxygens (including phenoxy) is 1. The van der Waals surface area contributed by atoms with E-state index in [2.05, 4.69) is 30.6 Å². The Balaban J connectivity index is 2.39. The summed E-state index contributed by atoms with van der Waals surface area (Å²) >= 11 is 1.50. The molecule has 0 saturated carbocycles. The molecule has 0 spiro atoms. The standard InChI is InChI=1S/C18H20N2O2SSe/c1-7-22-17(21)15-11(2)20-16(24-15)12-8-9-14(13(10-12)19-6)23-18(3,4)5/h8-10H,7H2,1-5H3. The van der Waals surface area contributed by atoms with Gasteiger partial charge in [0, 0.05) is 0 Å². The summed E-state index contributed by atoms with van der Waals surface area (Å²) < 4.78 is 6.68. The van der Waals surface area contributed by atoms with Crippen LogP contribution in [-0.4, -0.2) is 36.8 Å². The van der Waals surface area contributed by atoms with Gasteiger partial charge in [0.2, 0.25) is 0 Å². The van der Waals surface area contributed by atoms with E-state index in [4.69, 9.17) is 11.3 Å². The van der Waals surface area contributed by atoms with Gasteiger partial charge in [-0.05, 0) is 0 Å². The van der Waals surface area contributed by atoms with Gasteiger partial charge < -0.3 is 0 Å². The molecule has 0 aliphatic carbocycles. The molecule has 0 fully saturated rings. The van der Waals surface area contributed by atoms with Crippen molar-refractivity contribution in [3.63, 3.8) is 0 Å². The van der Waals surface area contributed by atoms with E-state index in [0.29, 0.717) is 16.7 Å². The first-order valence-electron chi connectivity index (χ1n) is 7.60. The number of thioether (sulfide) groups is 1. The Kier molecular flexibility index (Phi) is 5.92. The average Bonchev–Trinajstić information content (AvgIpc) is 2.88. The monoisotopic (exact) mass is 408 g/mol. The zero-order chi connectivity index (χ0) is 17.9. The fraction of sp³-hybridized carbons (Fsp3) is 0.389. The summed E-state index contributed by atoms with van der Waals surface area (Å²) in [5.41, 5.74) is 2.27. The van der Waals surface area contributed by atoms with Crippen LogP contribution in [0.1, 0.15) is 42.6 Å². The number of benzene rings is 1. The van der Waals surface area contributed by atoms with Gasteiger partial charge in [-0.25, -0.2) is 0 Å². The average molecular weight is 407 g/mol. The second kappa shape index (κ2) is 7.56. The Hall–Kier alpha value is -1.54. The van der Waals surface area contributed by atoms with Gasteiger partial charge in [-0.3, -0.25) is 0 Å². The molecule has 0 amide bonds. The van der Waals surface area contributed by atoms with Crippen LogP contribution in [-0.2, 0) is 4.74 Å². The van der Waals surface area contributed by atoms with E-state index in [-0.39, 0.29) is 25.2 Å². The Morgan fingerprint density at radius 1 is 1.42 bits per heavy atom. The summed E-state index contributed by atoms with van der Waals surface area (Å²) in [7, 11) is 0. The third-order valence-electron chi connectivity index (χ3n) is 3.00. The van der Waals surface area contributed by atoms with Crippen molar-refractivity contribution in [2.24, 2.45) is 0 Å². The molecular weight excluding hydrogens is 387 g/mol. The molecule has 0 saturated heterocycles. The van der Waals surface area contributed by atoms with Gasteiger partial charge in [0.25, 0.3) is 0 Å². The zero-order valence-corrected chi connectivity index (χ0v) is 17.0. The van der Waals surface area contributed by atoms with Crippen molar-refractivity contribution >= 4 is 37.9 Å². The van der Waals surface area contributed by atoms with Crippen LogP contribution in [0, 0.1) is 13.5 Å². The Bertz CT molecular complexity index is 800. The van der Waals surface area contributed by atoms with Crippen LogP contribution >= 0.6 is 11.8 Å². The Morgan fingerprint density at radius 3 is 2.71 bits per heavy atom. The molecule has 1 aromatic heterocycles. The minimum atomic E-state index is -0.279. The van der Waals surface area contributed by atoms with Gasteiger partial charge in [-0.1, -0.05) is 0 Å². The summed E-state index contributed by atoms with van der Waals surface area (Å²) in [5.74, 6) is -0.279. The molecule has 1 heterocycles. The number of aryl methyl sites for hydroxylation is 1. The quantitative estimate of drug-likeness (QED) is 0.318. The van der Waals surface area contributed by atoms with E-state index in [1.54, 1.807) is 18.7 Å². The predicted octanol–water partition coefficient (Wildman–Crippen LogP) is 4.73. The first kappa shape index (κ1) is 18.8. The van der Waals surface area contributed by atoms with Gasteiger partial charge in [0.1, 0.15) is 0 Å². The summed E-state index contributed by atoms with van der Waals surface area (Å²) in [6.07, 6.45) is 0. The third-order valence-corrected chi connectivity index (χ3v) is 6.67. The molecule has 0 aliphatic rings. The number of esters is 1. The molecule has 126 valence electrons. The van der Waals surface area contributed by atoms with Crippen LogP contribution in [0.5, 0.6) is 0 Å². The van der Waals surface area contributed by atoms with Crippen molar-refractivity contribution in [1.29, 1.82) is 0 Å². The molecular formula is C18H20N2O2SSe. The molecule has 0 N–H and O–H groups in total. The van der Waals surface area contributed by atoms with Gasteiger partial charge in [-0.15, -0.1) is 0 Å². The van der Waals surface area contributed by atoms with Crippen LogP contribution in [0.15, 0.2) is 23.1 Å². The number of hydrogen-bond acceptors (Lipinski definition) is 4. The van der Waals surface area contributed by atoms with E-state index in [9.17, 15) is 4.79 Å². The summed E-state index contributed by atoms with van der Waals surface area (Å²) in [6, 6.07) is 5.85. The Labute approximate surface area is 153 Å². The molecule has 24 heavy (non-hydrogen) atoms. The predicted molar refractivity (Wildman–Crippen MR) is 99.2 cm³/mol. The van der Waals surface area contributed by atoms with E-state index < -0.39 is 0 Å². The third kappa shape index (κ3) is 4.51. The maximum absolute atomic E-state index is 12.0. The number of hydrogen-bond donors (Lipinski definition) is 0. The molecule has 0 atom stereocenters. The van der Waals surface area contributed by atoms with Crippen molar-refractivity contribution in [2.45, 2.75) is 44.3 Å². The molecule has 6 heteroatoms. The van der Waals surface area contributed by atoms with Crippen molar-refractivity contribution < 1.29 is 9.53 Å². The zero-order valence-electron chi connectivity index (χ0n) is 14.5. The van der Waals surface area contributed by atoms with Gasteiger partial charge in [0.05, 0.1) is 0 Å². The molecule has 2 aromatic rings. The van der Waals surface area contributed by atoms with Crippen LogP contribution < -0.4 is 0 Å². The van der Waals surface area contributed by atoms with E-state index >= 15 is 0 Å². The normalized spacial score (nSPS) is 11.2. The van der Waals surface area contributed by atoms with Gasteiger partial charge >= 0.3 is 153 Å². The van der Waals surface area contributed by atoms with E-state index in [1.165, 1.54) is 0 Å². The molecule has 0 unspecified atom stereocenters. The molecule has 4 nitrogen and oxygen atoms in total. The second-order valence-electron chi connectivity index (χ2n) is 6.16. The van der Waals surface area contributed by atoms with E-state index in [0.717, 1.165) is 20.7 Å². The summed E-state index contributed by atoms with van der Waals surface area (Å²) in [4.78, 5) is 21.2. The molecule has 1 aromatic carbocycles. The summed E-state index contributed by atoms with van der Waals surface area (Å²) in [6.45, 7) is 17.8. The first-order valence-corrected chi connectivity index (χ1v) is 10.1. The fourth-order valence-electron chi connectivity index (χ4n) is 2.06. The topological polar surface area (TPSA) is 43.5 Å².